The van der Waals surface area contributed by atoms with E-state index in [4.69, 9.17) is 0 Å². The summed E-state index contributed by atoms with van der Waals surface area (Å²) in [5.74, 6) is 0. The fourth-order valence-electron chi connectivity index (χ4n) is 1.93. The zero-order chi connectivity index (χ0) is 13.1. The van der Waals surface area contributed by atoms with Gasteiger partial charge in [-0.2, -0.15) is 5.26 Å². The van der Waals surface area contributed by atoms with Crippen molar-refractivity contribution in [1.29, 1.82) is 5.26 Å². The van der Waals surface area contributed by atoms with Crippen LogP contribution in [0.1, 0.15) is 33.8 Å². The maximum Gasteiger partial charge on any atom is 0.102 e. The molecule has 0 radical (unpaired) electrons. The van der Waals surface area contributed by atoms with Gasteiger partial charge in [0.25, 0.3) is 0 Å². The van der Waals surface area contributed by atoms with E-state index >= 15 is 0 Å². The lowest BCUT2D eigenvalue weighted by atomic mass is 10.1. The van der Waals surface area contributed by atoms with Gasteiger partial charge in [0.15, 0.2) is 0 Å². The van der Waals surface area contributed by atoms with Gasteiger partial charge in [-0.3, -0.25) is 0 Å². The van der Waals surface area contributed by atoms with E-state index in [-0.39, 0.29) is 6.04 Å². The first kappa shape index (κ1) is 12.7. The molecule has 0 bridgehead atoms. The number of nitriles is 1. The Morgan fingerprint density at radius 2 is 2.00 bits per heavy atom. The molecule has 0 aliphatic carbocycles. The van der Waals surface area contributed by atoms with Crippen molar-refractivity contribution >= 4 is 17.0 Å². The molecule has 0 amide bonds. The van der Waals surface area contributed by atoms with Crippen LogP contribution in [0.15, 0.2) is 30.3 Å². The van der Waals surface area contributed by atoms with E-state index in [2.05, 4.69) is 37.4 Å². The Bertz CT molecular complexity index is 593. The van der Waals surface area contributed by atoms with Crippen molar-refractivity contribution < 1.29 is 0 Å². The summed E-state index contributed by atoms with van der Waals surface area (Å²) in [7, 11) is 0. The number of nitrogens with one attached hydrogen (secondary N) is 1. The van der Waals surface area contributed by atoms with Gasteiger partial charge in [-0.15, -0.1) is 11.3 Å². The Morgan fingerprint density at radius 1 is 1.22 bits per heavy atom. The number of rotatable bonds is 3. The predicted octanol–water partition coefficient (Wildman–Crippen LogP) is 4.41. The molecule has 1 N–H and O–H groups in total. The van der Waals surface area contributed by atoms with Crippen LogP contribution in [0, 0.1) is 25.2 Å². The summed E-state index contributed by atoms with van der Waals surface area (Å²) >= 11 is 1.79. The fourth-order valence-corrected chi connectivity index (χ4v) is 2.81. The number of nitrogens with zero attached hydrogens (tertiary/aromatic N) is 1. The van der Waals surface area contributed by atoms with E-state index in [1.165, 1.54) is 9.75 Å². The number of thiophene rings is 1. The largest absolute Gasteiger partial charge is 0.377 e. The lowest BCUT2D eigenvalue weighted by molar-refractivity contribution is 0.906. The van der Waals surface area contributed by atoms with Crippen LogP contribution in [0.25, 0.3) is 0 Å². The van der Waals surface area contributed by atoms with Gasteiger partial charge >= 0.3 is 0 Å². The Kier molecular flexibility index (Phi) is 3.69. The van der Waals surface area contributed by atoms with Crippen molar-refractivity contribution in [1.82, 2.24) is 0 Å². The Morgan fingerprint density at radius 3 is 2.61 bits per heavy atom. The summed E-state index contributed by atoms with van der Waals surface area (Å²) in [4.78, 5) is 2.60. The van der Waals surface area contributed by atoms with Crippen LogP contribution >= 0.6 is 11.3 Å². The first-order valence-electron chi connectivity index (χ1n) is 5.94. The molecular weight excluding hydrogens is 240 g/mol. The van der Waals surface area contributed by atoms with Crippen LogP contribution in [0.4, 0.5) is 5.69 Å². The van der Waals surface area contributed by atoms with Gasteiger partial charge in [0.05, 0.1) is 17.3 Å². The molecule has 0 aliphatic rings. The molecule has 1 heterocycles. The van der Waals surface area contributed by atoms with Gasteiger partial charge in [0.1, 0.15) is 6.07 Å². The highest BCUT2D eigenvalue weighted by Crippen LogP contribution is 2.27. The maximum absolute atomic E-state index is 9.20. The molecule has 0 saturated carbocycles. The Labute approximate surface area is 112 Å². The first-order chi connectivity index (χ1) is 8.61. The standard InChI is InChI=1S/C15H16N2S/c1-10-5-4-6-14(13(10)9-16)17-12(3)15-8-7-11(2)18-15/h4-8,12,17H,1-3H3. The van der Waals surface area contributed by atoms with Crippen molar-refractivity contribution in [2.45, 2.75) is 26.8 Å². The molecule has 0 fully saturated rings. The molecule has 0 aliphatic heterocycles. The van der Waals surface area contributed by atoms with Crippen molar-refractivity contribution in [3.05, 3.63) is 51.2 Å². The third-order valence-corrected chi connectivity index (χ3v) is 4.13. The quantitative estimate of drug-likeness (QED) is 0.883. The molecule has 1 unspecified atom stereocenters. The summed E-state index contributed by atoms with van der Waals surface area (Å²) in [6.07, 6.45) is 0. The van der Waals surface area contributed by atoms with Crippen LogP contribution in [0.5, 0.6) is 0 Å². The highest BCUT2D eigenvalue weighted by Gasteiger charge is 2.11. The minimum Gasteiger partial charge on any atom is -0.377 e. The van der Waals surface area contributed by atoms with Crippen molar-refractivity contribution in [3.8, 4) is 6.07 Å². The van der Waals surface area contributed by atoms with Crippen LogP contribution in [-0.4, -0.2) is 0 Å². The van der Waals surface area contributed by atoms with E-state index < -0.39 is 0 Å². The normalized spacial score (nSPS) is 11.9. The molecule has 0 saturated heterocycles. The number of aryl methyl sites for hydroxylation is 2. The van der Waals surface area contributed by atoms with Crippen LogP contribution < -0.4 is 5.32 Å². The minimum absolute atomic E-state index is 0.220. The SMILES string of the molecule is Cc1ccc(C(C)Nc2cccc(C)c2C#N)s1. The lowest BCUT2D eigenvalue weighted by Gasteiger charge is -2.15. The molecular formula is C15H16N2S. The van der Waals surface area contributed by atoms with E-state index in [1.54, 1.807) is 11.3 Å². The lowest BCUT2D eigenvalue weighted by Crippen LogP contribution is -2.06. The number of hydrogen-bond donors (Lipinski definition) is 1. The number of hydrogen-bond acceptors (Lipinski definition) is 3. The van der Waals surface area contributed by atoms with Gasteiger partial charge in [-0.1, -0.05) is 12.1 Å². The smallest absolute Gasteiger partial charge is 0.102 e. The molecule has 1 aromatic heterocycles. The Hall–Kier alpha value is -1.79. The van der Waals surface area contributed by atoms with Crippen LogP contribution in [-0.2, 0) is 0 Å². The average molecular weight is 256 g/mol. The van der Waals surface area contributed by atoms with Gasteiger partial charge in [-0.25, -0.2) is 0 Å². The van der Waals surface area contributed by atoms with E-state index in [9.17, 15) is 5.26 Å². The average Bonchev–Trinajstić information content (AvgIpc) is 2.76. The second kappa shape index (κ2) is 5.24. The van der Waals surface area contributed by atoms with Crippen LogP contribution in [0.3, 0.4) is 0 Å². The highest BCUT2D eigenvalue weighted by molar-refractivity contribution is 7.12. The number of benzene rings is 1. The fraction of sp³-hybridized carbons (Fsp3) is 0.267. The highest BCUT2D eigenvalue weighted by atomic mass is 32.1. The third kappa shape index (κ3) is 2.55. The monoisotopic (exact) mass is 256 g/mol. The van der Waals surface area contributed by atoms with Crippen molar-refractivity contribution in [2.24, 2.45) is 0 Å². The molecule has 18 heavy (non-hydrogen) atoms. The second-order valence-electron chi connectivity index (χ2n) is 4.42. The Balaban J connectivity index is 2.25. The molecule has 3 heteroatoms. The maximum atomic E-state index is 9.20. The molecule has 1 atom stereocenters. The summed E-state index contributed by atoms with van der Waals surface area (Å²) in [5, 5.41) is 12.6. The summed E-state index contributed by atoms with van der Waals surface area (Å²) in [6.45, 7) is 6.19. The molecule has 2 aromatic rings. The molecule has 92 valence electrons. The van der Waals surface area contributed by atoms with Crippen molar-refractivity contribution in [2.75, 3.05) is 5.32 Å². The second-order valence-corrected chi connectivity index (χ2v) is 5.74. The summed E-state index contributed by atoms with van der Waals surface area (Å²) in [6, 6.07) is 12.6. The zero-order valence-electron chi connectivity index (χ0n) is 10.8. The molecule has 2 nitrogen and oxygen atoms in total. The zero-order valence-corrected chi connectivity index (χ0v) is 11.6. The van der Waals surface area contributed by atoms with Crippen molar-refractivity contribution in [3.63, 3.8) is 0 Å². The molecule has 1 aromatic carbocycles. The van der Waals surface area contributed by atoms with Gasteiger partial charge in [0.2, 0.25) is 0 Å². The van der Waals surface area contributed by atoms with Gasteiger partial charge in [-0.05, 0) is 44.5 Å². The topological polar surface area (TPSA) is 35.8 Å². The van der Waals surface area contributed by atoms with Gasteiger partial charge in [0, 0.05) is 9.75 Å². The van der Waals surface area contributed by atoms with E-state index in [0.717, 1.165) is 16.8 Å². The molecule has 0 spiro atoms. The van der Waals surface area contributed by atoms with E-state index in [0.29, 0.717) is 0 Å². The van der Waals surface area contributed by atoms with Crippen LogP contribution in [0.2, 0.25) is 0 Å². The summed E-state index contributed by atoms with van der Waals surface area (Å²) < 4.78 is 0. The minimum atomic E-state index is 0.220. The third-order valence-electron chi connectivity index (χ3n) is 2.94. The number of anilines is 1. The first-order valence-corrected chi connectivity index (χ1v) is 6.76. The predicted molar refractivity (Wildman–Crippen MR) is 77.0 cm³/mol. The summed E-state index contributed by atoms with van der Waals surface area (Å²) in [5.41, 5.74) is 2.66. The van der Waals surface area contributed by atoms with Gasteiger partial charge < -0.3 is 5.32 Å². The molecule has 2 rings (SSSR count). The van der Waals surface area contributed by atoms with E-state index in [1.807, 2.05) is 25.1 Å².